The molecule has 12 heteroatoms. The van der Waals surface area contributed by atoms with Crippen LogP contribution in [-0.2, 0) is 6.42 Å². The molecule has 1 fully saturated rings. The van der Waals surface area contributed by atoms with Crippen LogP contribution in [0, 0.1) is 11.3 Å². The maximum absolute atomic E-state index is 12.8. The summed E-state index contributed by atoms with van der Waals surface area (Å²) in [5.41, 5.74) is 4.11. The summed E-state index contributed by atoms with van der Waals surface area (Å²) in [6.45, 7) is 0. The molecule has 38 heavy (non-hydrogen) atoms. The second-order valence-corrected chi connectivity index (χ2v) is 10.8. The number of amides is 1. The van der Waals surface area contributed by atoms with E-state index in [-0.39, 0.29) is 24.4 Å². The van der Waals surface area contributed by atoms with Gasteiger partial charge in [0.15, 0.2) is 10.8 Å². The summed E-state index contributed by atoms with van der Waals surface area (Å²) in [5, 5.41) is 19.9. The Balaban J connectivity index is 1.42. The molecule has 1 saturated carbocycles. The fourth-order valence-corrected chi connectivity index (χ4v) is 5.94. The summed E-state index contributed by atoms with van der Waals surface area (Å²) in [6, 6.07) is 12.1. The number of carbonyl (C=O) groups is 1. The molecule has 190 valence electrons. The van der Waals surface area contributed by atoms with Crippen molar-refractivity contribution >= 4 is 39.9 Å². The number of H-pyrrole nitrogens is 1. The number of nitrogens with one attached hydrogen (secondary N) is 2. The number of halogens is 1. The van der Waals surface area contributed by atoms with E-state index >= 15 is 0 Å². The molecule has 0 unspecified atom stereocenters. The highest BCUT2D eigenvalue weighted by Crippen LogP contribution is 2.38. The van der Waals surface area contributed by atoms with Crippen LogP contribution in [-0.4, -0.2) is 46.6 Å². The third kappa shape index (κ3) is 4.64. The lowest BCUT2D eigenvalue weighted by Crippen LogP contribution is -2.39. The number of hydrogen-bond donors (Lipinski definition) is 2. The fraction of sp³-hybridized carbons (Fsp3) is 0.269. The van der Waals surface area contributed by atoms with Gasteiger partial charge in [-0.25, -0.2) is 15.0 Å². The van der Waals surface area contributed by atoms with E-state index in [1.165, 1.54) is 23.9 Å². The molecule has 10 nitrogen and oxygen atoms in total. The Labute approximate surface area is 226 Å². The van der Waals surface area contributed by atoms with Crippen LogP contribution in [0.25, 0.3) is 33.9 Å². The zero-order valence-corrected chi connectivity index (χ0v) is 21.7. The van der Waals surface area contributed by atoms with Crippen molar-refractivity contribution in [3.63, 3.8) is 0 Å². The molecular weight excluding hydrogens is 522 g/mol. The number of rotatable bonds is 6. The third-order valence-electron chi connectivity index (χ3n) is 6.77. The van der Waals surface area contributed by atoms with Crippen molar-refractivity contribution in [3.8, 4) is 29.0 Å². The van der Waals surface area contributed by atoms with Crippen LogP contribution in [0.15, 0.2) is 49.1 Å². The van der Waals surface area contributed by atoms with E-state index in [9.17, 15) is 10.1 Å². The smallest absolute Gasteiger partial charge is 0.280 e. The number of nitrogens with zero attached hydrogens (tertiary/aromatic N) is 7. The minimum Gasteiger partial charge on any atom is -0.347 e. The molecule has 1 aliphatic carbocycles. The van der Waals surface area contributed by atoms with Gasteiger partial charge in [0.05, 0.1) is 30.4 Å². The van der Waals surface area contributed by atoms with Gasteiger partial charge in [-0.3, -0.25) is 14.9 Å². The molecule has 2 atom stereocenters. The summed E-state index contributed by atoms with van der Waals surface area (Å²) < 4.78 is 2.72. The van der Waals surface area contributed by atoms with Crippen molar-refractivity contribution < 1.29 is 4.79 Å². The molecule has 5 aromatic rings. The first-order chi connectivity index (χ1) is 18.6. The standard InChI is InChI=1S/C26H22ClN9OS/c27-22-13-30-26(38-22)25(37)33-16-5-3-6-17(10-16)36-21-11-19(23-31-14-32-35-23)29-12-20(21)34-24(36)18-7-2-1-4-15(18)8-9-28/h1-2,4,7,11-14,16-17H,3,5-6,8,10H2,(H,33,37)(H,31,32,35)/t16-,17+/m0/s1. The Bertz CT molecular complexity index is 1650. The van der Waals surface area contributed by atoms with Crippen molar-refractivity contribution in [2.24, 2.45) is 0 Å². The van der Waals surface area contributed by atoms with Crippen molar-refractivity contribution in [2.45, 2.75) is 44.2 Å². The van der Waals surface area contributed by atoms with Gasteiger partial charge in [0.25, 0.3) is 5.91 Å². The largest absolute Gasteiger partial charge is 0.347 e. The summed E-state index contributed by atoms with van der Waals surface area (Å²) in [5.74, 6) is 1.07. The molecule has 1 amide bonds. The molecule has 1 aromatic carbocycles. The van der Waals surface area contributed by atoms with Crippen LogP contribution in [0.1, 0.15) is 47.1 Å². The first kappa shape index (κ1) is 24.2. The first-order valence-corrected chi connectivity index (χ1v) is 13.4. The summed E-state index contributed by atoms with van der Waals surface area (Å²) in [4.78, 5) is 30.7. The number of aromatic nitrogens is 7. The minimum atomic E-state index is -0.210. The lowest BCUT2D eigenvalue weighted by Gasteiger charge is -2.32. The number of fused-ring (bicyclic) bond motifs is 1. The van der Waals surface area contributed by atoms with E-state index in [4.69, 9.17) is 16.6 Å². The molecule has 4 heterocycles. The average molecular weight is 544 g/mol. The van der Waals surface area contributed by atoms with E-state index in [1.54, 1.807) is 6.20 Å². The molecule has 1 aliphatic rings. The van der Waals surface area contributed by atoms with Crippen LogP contribution in [0.5, 0.6) is 0 Å². The highest BCUT2D eigenvalue weighted by atomic mass is 35.5. The molecule has 4 aromatic heterocycles. The molecule has 6 rings (SSSR count). The third-order valence-corrected chi connectivity index (χ3v) is 7.88. The topological polar surface area (TPSA) is 138 Å². The van der Waals surface area contributed by atoms with Gasteiger partial charge in [0.1, 0.15) is 27.7 Å². The Morgan fingerprint density at radius 3 is 2.92 bits per heavy atom. The molecule has 0 spiro atoms. The monoisotopic (exact) mass is 543 g/mol. The van der Waals surface area contributed by atoms with Gasteiger partial charge in [-0.15, -0.1) is 0 Å². The Kier molecular flexibility index (Phi) is 6.57. The molecular formula is C26H22ClN9OS. The number of aromatic amines is 1. The van der Waals surface area contributed by atoms with Gasteiger partial charge >= 0.3 is 0 Å². The number of carbonyl (C=O) groups excluding carboxylic acids is 1. The predicted octanol–water partition coefficient (Wildman–Crippen LogP) is 4.97. The minimum absolute atomic E-state index is 0.0297. The quantitative estimate of drug-likeness (QED) is 0.308. The van der Waals surface area contributed by atoms with Crippen LogP contribution >= 0.6 is 22.9 Å². The van der Waals surface area contributed by atoms with E-state index in [2.05, 4.69) is 41.1 Å². The maximum Gasteiger partial charge on any atom is 0.280 e. The average Bonchev–Trinajstić information content (AvgIpc) is 3.69. The zero-order chi connectivity index (χ0) is 26.1. The van der Waals surface area contributed by atoms with E-state index in [0.717, 1.165) is 53.7 Å². The van der Waals surface area contributed by atoms with Gasteiger partial charge in [0, 0.05) is 17.6 Å². The SMILES string of the molecule is N#CCc1ccccc1-c1nc2cnc(-c3nc[nH]n3)cc2n1[C@@H]1CCC[C@H](NC(=O)c2ncc(Cl)s2)C1. The molecule has 0 bridgehead atoms. The predicted molar refractivity (Wildman–Crippen MR) is 144 cm³/mol. The zero-order valence-electron chi connectivity index (χ0n) is 20.1. The summed E-state index contributed by atoms with van der Waals surface area (Å²) in [7, 11) is 0. The van der Waals surface area contributed by atoms with Crippen molar-refractivity contribution in [1.82, 2.24) is 40.0 Å². The first-order valence-electron chi connectivity index (χ1n) is 12.2. The van der Waals surface area contributed by atoms with Crippen LogP contribution in [0.3, 0.4) is 0 Å². The number of nitriles is 1. The fourth-order valence-electron chi connectivity index (χ4n) is 5.13. The normalized spacial score (nSPS) is 17.4. The van der Waals surface area contributed by atoms with Crippen molar-refractivity contribution in [2.75, 3.05) is 0 Å². The molecule has 0 saturated heterocycles. The van der Waals surface area contributed by atoms with Crippen molar-refractivity contribution in [1.29, 1.82) is 5.26 Å². The van der Waals surface area contributed by atoms with Crippen LogP contribution in [0.2, 0.25) is 4.34 Å². The van der Waals surface area contributed by atoms with Gasteiger partial charge < -0.3 is 9.88 Å². The second-order valence-electron chi connectivity index (χ2n) is 9.14. The van der Waals surface area contributed by atoms with E-state index < -0.39 is 0 Å². The van der Waals surface area contributed by atoms with E-state index in [1.807, 2.05) is 30.3 Å². The molecule has 0 aliphatic heterocycles. The lowest BCUT2D eigenvalue weighted by atomic mass is 9.90. The van der Waals surface area contributed by atoms with Gasteiger partial charge in [-0.1, -0.05) is 47.2 Å². The van der Waals surface area contributed by atoms with Crippen molar-refractivity contribution in [3.05, 3.63) is 64.0 Å². The Morgan fingerprint density at radius 1 is 1.24 bits per heavy atom. The second kappa shape index (κ2) is 10.3. The molecule has 2 N–H and O–H groups in total. The highest BCUT2D eigenvalue weighted by molar-refractivity contribution is 7.17. The molecule has 0 radical (unpaired) electrons. The lowest BCUT2D eigenvalue weighted by molar-refractivity contribution is 0.0920. The highest BCUT2D eigenvalue weighted by Gasteiger charge is 2.29. The van der Waals surface area contributed by atoms with Gasteiger partial charge in [-0.2, -0.15) is 10.4 Å². The number of thiazole rings is 1. The Hall–Kier alpha value is -4.14. The number of pyridine rings is 1. The van der Waals surface area contributed by atoms with Crippen LogP contribution in [0.4, 0.5) is 0 Å². The Morgan fingerprint density at radius 2 is 2.13 bits per heavy atom. The van der Waals surface area contributed by atoms with E-state index in [0.29, 0.717) is 20.9 Å². The van der Waals surface area contributed by atoms with Gasteiger partial charge in [-0.05, 0) is 37.3 Å². The van der Waals surface area contributed by atoms with Crippen LogP contribution < -0.4 is 5.32 Å². The number of hydrogen-bond acceptors (Lipinski definition) is 8. The summed E-state index contributed by atoms with van der Waals surface area (Å²) >= 11 is 7.15. The number of imidazole rings is 1. The number of benzene rings is 1. The summed E-state index contributed by atoms with van der Waals surface area (Å²) in [6.07, 6.45) is 8.49. The van der Waals surface area contributed by atoms with Gasteiger partial charge in [0.2, 0.25) is 0 Å². The maximum atomic E-state index is 12.8.